The van der Waals surface area contributed by atoms with E-state index >= 15 is 0 Å². The summed E-state index contributed by atoms with van der Waals surface area (Å²) in [6.07, 6.45) is -1.41. The lowest BCUT2D eigenvalue weighted by Gasteiger charge is -2.29. The van der Waals surface area contributed by atoms with E-state index in [4.69, 9.17) is 21.1 Å². The number of carbonyl (C=O) groups is 1. The third kappa shape index (κ3) is 3.42. The van der Waals surface area contributed by atoms with E-state index in [1.54, 1.807) is 4.90 Å². The highest BCUT2D eigenvalue weighted by Crippen LogP contribution is 2.34. The van der Waals surface area contributed by atoms with Gasteiger partial charge in [-0.05, 0) is 24.4 Å². The minimum Gasteiger partial charge on any atom is -0.387 e. The first-order chi connectivity index (χ1) is 14.0. The maximum absolute atomic E-state index is 12.8. The topological polar surface area (TPSA) is 135 Å². The highest BCUT2D eigenvalue weighted by atomic mass is 35.5. The van der Waals surface area contributed by atoms with Crippen LogP contribution in [0.2, 0.25) is 5.28 Å². The van der Waals surface area contributed by atoms with E-state index < -0.39 is 24.5 Å². The van der Waals surface area contributed by atoms with Crippen molar-refractivity contribution in [2.45, 2.75) is 43.4 Å². The molecule has 5 rings (SSSR count). The number of aliphatic hydroxyl groups excluding tert-OH is 2. The zero-order valence-corrected chi connectivity index (χ0v) is 16.2. The lowest BCUT2D eigenvalue weighted by atomic mass is 10.1. The van der Waals surface area contributed by atoms with Gasteiger partial charge in [0.15, 0.2) is 29.3 Å². The van der Waals surface area contributed by atoms with Crippen molar-refractivity contribution >= 4 is 34.5 Å². The third-order valence-corrected chi connectivity index (χ3v) is 5.56. The van der Waals surface area contributed by atoms with Crippen LogP contribution < -0.4 is 5.32 Å². The molecule has 1 amide bonds. The fourth-order valence-corrected chi connectivity index (χ4v) is 3.82. The summed E-state index contributed by atoms with van der Waals surface area (Å²) in [7, 11) is 0. The van der Waals surface area contributed by atoms with Crippen LogP contribution in [0.15, 0.2) is 6.33 Å². The van der Waals surface area contributed by atoms with E-state index in [0.29, 0.717) is 49.3 Å². The maximum atomic E-state index is 12.8. The van der Waals surface area contributed by atoms with Gasteiger partial charge in [0.2, 0.25) is 5.28 Å². The van der Waals surface area contributed by atoms with Gasteiger partial charge in [-0.1, -0.05) is 0 Å². The lowest BCUT2D eigenvalue weighted by molar-refractivity contribution is -0.152. The monoisotopic (exact) mass is 424 g/mol. The van der Waals surface area contributed by atoms with Gasteiger partial charge in [0.05, 0.1) is 19.5 Å². The standard InChI is InChI=1S/C17H21ClN6O5/c18-17-21-13(20-8-1-2-8)9-14(22-17)24(7-19-9)16-11(26)10(25)12(29-16)15(27)23-3-5-28-6-4-23/h7-8,10-12,16,25-26H,1-6H2,(H,20,21,22)/t10-,11+,12-,16+/m0/s1. The fraction of sp³-hybridized carbons (Fsp3) is 0.647. The molecule has 0 unspecified atom stereocenters. The molecule has 12 heteroatoms. The number of halogens is 1. The second-order valence-corrected chi connectivity index (χ2v) is 7.79. The zero-order valence-electron chi connectivity index (χ0n) is 15.4. The normalized spacial score (nSPS) is 30.1. The number of imidazole rings is 1. The van der Waals surface area contributed by atoms with E-state index in [0.717, 1.165) is 12.8 Å². The Labute approximate surface area is 170 Å². The first kappa shape index (κ1) is 18.9. The Morgan fingerprint density at radius 1 is 1.21 bits per heavy atom. The van der Waals surface area contributed by atoms with Crippen molar-refractivity contribution in [1.29, 1.82) is 0 Å². The van der Waals surface area contributed by atoms with Gasteiger partial charge in [-0.2, -0.15) is 9.97 Å². The molecule has 2 aromatic heterocycles. The third-order valence-electron chi connectivity index (χ3n) is 5.39. The van der Waals surface area contributed by atoms with Crippen LogP contribution in [-0.4, -0.2) is 91.2 Å². The van der Waals surface area contributed by atoms with Crippen molar-refractivity contribution in [2.75, 3.05) is 31.6 Å². The van der Waals surface area contributed by atoms with E-state index in [1.165, 1.54) is 10.9 Å². The molecular weight excluding hydrogens is 404 g/mol. The average molecular weight is 425 g/mol. The molecule has 29 heavy (non-hydrogen) atoms. The number of amides is 1. The molecule has 156 valence electrons. The molecule has 1 aliphatic carbocycles. The number of anilines is 1. The van der Waals surface area contributed by atoms with Crippen LogP contribution in [0.3, 0.4) is 0 Å². The van der Waals surface area contributed by atoms with Crippen molar-refractivity contribution in [1.82, 2.24) is 24.4 Å². The number of rotatable bonds is 4. The van der Waals surface area contributed by atoms with Crippen LogP contribution in [-0.2, 0) is 14.3 Å². The van der Waals surface area contributed by atoms with Gasteiger partial charge >= 0.3 is 0 Å². The molecule has 0 bridgehead atoms. The summed E-state index contributed by atoms with van der Waals surface area (Å²) >= 11 is 6.08. The van der Waals surface area contributed by atoms with Crippen LogP contribution in [0.1, 0.15) is 19.1 Å². The number of nitrogens with zero attached hydrogens (tertiary/aromatic N) is 5. The van der Waals surface area contributed by atoms with Crippen LogP contribution in [0.25, 0.3) is 11.2 Å². The molecule has 11 nitrogen and oxygen atoms in total. The molecule has 2 aromatic rings. The Morgan fingerprint density at radius 2 is 1.97 bits per heavy atom. The highest BCUT2D eigenvalue weighted by Gasteiger charge is 2.49. The predicted molar refractivity (Wildman–Crippen MR) is 100 cm³/mol. The minimum absolute atomic E-state index is 0.0244. The van der Waals surface area contributed by atoms with Crippen molar-refractivity contribution in [3.8, 4) is 0 Å². The summed E-state index contributed by atoms with van der Waals surface area (Å²) in [5, 5.41) is 24.3. The molecular formula is C17H21ClN6O5. The minimum atomic E-state index is -1.38. The van der Waals surface area contributed by atoms with Gasteiger partial charge in [-0.25, -0.2) is 4.98 Å². The van der Waals surface area contributed by atoms with Gasteiger partial charge in [-0.15, -0.1) is 0 Å². The molecule has 4 atom stereocenters. The fourth-order valence-electron chi connectivity index (χ4n) is 3.65. The second kappa shape index (κ2) is 7.33. The van der Waals surface area contributed by atoms with E-state index in [9.17, 15) is 15.0 Å². The van der Waals surface area contributed by atoms with E-state index in [1.807, 2.05) is 0 Å². The molecule has 0 radical (unpaired) electrons. The Bertz CT molecular complexity index is 930. The Balaban J connectivity index is 1.43. The number of hydrogen-bond acceptors (Lipinski definition) is 9. The number of carbonyl (C=O) groups excluding carboxylic acids is 1. The summed E-state index contributed by atoms with van der Waals surface area (Å²) in [6, 6.07) is 0.333. The van der Waals surface area contributed by atoms with Crippen LogP contribution in [0.5, 0.6) is 0 Å². The van der Waals surface area contributed by atoms with Gasteiger partial charge < -0.3 is 29.9 Å². The molecule has 2 aliphatic heterocycles. The summed E-state index contributed by atoms with van der Waals surface area (Å²) < 4.78 is 12.5. The summed E-state index contributed by atoms with van der Waals surface area (Å²) in [5.41, 5.74) is 0.832. The van der Waals surface area contributed by atoms with Crippen molar-refractivity contribution in [3.05, 3.63) is 11.6 Å². The Morgan fingerprint density at radius 3 is 2.69 bits per heavy atom. The summed E-state index contributed by atoms with van der Waals surface area (Å²) in [6.45, 7) is 1.69. The Kier molecular flexibility index (Phi) is 4.79. The number of nitrogens with one attached hydrogen (secondary N) is 1. The molecule has 0 aromatic carbocycles. The summed E-state index contributed by atoms with van der Waals surface area (Å²) in [4.78, 5) is 27.1. The number of morpholine rings is 1. The van der Waals surface area contributed by atoms with Crippen LogP contribution in [0, 0.1) is 0 Å². The first-order valence-corrected chi connectivity index (χ1v) is 9.95. The Hall–Kier alpha value is -2.05. The van der Waals surface area contributed by atoms with Gasteiger partial charge in [0.1, 0.15) is 12.2 Å². The quantitative estimate of drug-likeness (QED) is 0.556. The van der Waals surface area contributed by atoms with Crippen LogP contribution >= 0.6 is 11.6 Å². The highest BCUT2D eigenvalue weighted by molar-refractivity contribution is 6.28. The molecule has 1 saturated carbocycles. The number of fused-ring (bicyclic) bond motifs is 1. The molecule has 3 N–H and O–H groups in total. The summed E-state index contributed by atoms with van der Waals surface area (Å²) in [5.74, 6) is 0.130. The first-order valence-electron chi connectivity index (χ1n) is 9.57. The number of aromatic nitrogens is 4. The lowest BCUT2D eigenvalue weighted by Crippen LogP contribution is -2.49. The molecule has 0 spiro atoms. The number of ether oxygens (including phenoxy) is 2. The van der Waals surface area contributed by atoms with E-state index in [2.05, 4.69) is 20.3 Å². The second-order valence-electron chi connectivity index (χ2n) is 7.45. The van der Waals surface area contributed by atoms with E-state index in [-0.39, 0.29) is 11.2 Å². The predicted octanol–water partition coefficient (Wildman–Crippen LogP) is -0.468. The zero-order chi connectivity index (χ0) is 20.1. The van der Waals surface area contributed by atoms with Gasteiger partial charge in [0, 0.05) is 19.1 Å². The number of hydrogen-bond donors (Lipinski definition) is 3. The van der Waals surface area contributed by atoms with Crippen LogP contribution in [0.4, 0.5) is 5.82 Å². The smallest absolute Gasteiger partial charge is 0.254 e. The maximum Gasteiger partial charge on any atom is 0.254 e. The van der Waals surface area contributed by atoms with Crippen molar-refractivity contribution in [2.24, 2.45) is 0 Å². The number of aliphatic hydroxyl groups is 2. The van der Waals surface area contributed by atoms with Gasteiger partial charge in [-0.3, -0.25) is 9.36 Å². The van der Waals surface area contributed by atoms with Crippen molar-refractivity contribution in [3.63, 3.8) is 0 Å². The average Bonchev–Trinajstić information content (AvgIpc) is 3.37. The van der Waals surface area contributed by atoms with Crippen molar-refractivity contribution < 1.29 is 24.5 Å². The SMILES string of the molecule is O=C([C@H]1O[C@@H](n2cnc3c(NC4CC4)nc(Cl)nc32)[C@H](O)[C@@H]1O)N1CCOCC1. The molecule has 3 aliphatic rings. The molecule has 4 heterocycles. The van der Waals surface area contributed by atoms with Gasteiger partial charge in [0.25, 0.3) is 5.91 Å². The molecule has 2 saturated heterocycles. The molecule has 3 fully saturated rings. The largest absolute Gasteiger partial charge is 0.387 e.